The molecule has 20 heavy (non-hydrogen) atoms. The first kappa shape index (κ1) is 14.6. The zero-order valence-corrected chi connectivity index (χ0v) is 10.6. The predicted molar refractivity (Wildman–Crippen MR) is 65.1 cm³/mol. The quantitative estimate of drug-likeness (QED) is 0.686. The summed E-state index contributed by atoms with van der Waals surface area (Å²) < 4.78 is 48.1. The van der Waals surface area contributed by atoms with Crippen LogP contribution in [-0.4, -0.2) is 25.3 Å². The first-order chi connectivity index (χ1) is 9.36. The van der Waals surface area contributed by atoms with E-state index in [9.17, 15) is 18.0 Å². The van der Waals surface area contributed by atoms with E-state index in [1.807, 2.05) is 0 Å². The lowest BCUT2D eigenvalue weighted by molar-refractivity contribution is -0.137. The third kappa shape index (κ3) is 3.63. The maximum absolute atomic E-state index is 12.6. The summed E-state index contributed by atoms with van der Waals surface area (Å²) in [7, 11) is 0. The van der Waals surface area contributed by atoms with Gasteiger partial charge in [-0.3, -0.25) is 0 Å². The van der Waals surface area contributed by atoms with Crippen LogP contribution in [0.1, 0.15) is 28.8 Å². The highest BCUT2D eigenvalue weighted by atomic mass is 19.4. The van der Waals surface area contributed by atoms with E-state index in [0.717, 1.165) is 31.0 Å². The fraction of sp³-hybridized carbons (Fsp3) is 0.462. The van der Waals surface area contributed by atoms with Crippen molar-refractivity contribution in [3.8, 4) is 0 Å². The summed E-state index contributed by atoms with van der Waals surface area (Å²) in [5.41, 5.74) is 4.06. The number of hydrogen-bond donors (Lipinski definition) is 1. The van der Waals surface area contributed by atoms with E-state index in [2.05, 4.69) is 0 Å². The van der Waals surface area contributed by atoms with Crippen molar-refractivity contribution in [2.45, 2.75) is 25.1 Å². The molecule has 1 fully saturated rings. The van der Waals surface area contributed by atoms with E-state index < -0.39 is 17.7 Å². The number of benzene rings is 1. The molecule has 1 atom stereocenters. The number of ether oxygens (including phenoxy) is 2. The normalized spacial score (nSPS) is 19.1. The number of alkyl halides is 3. The second-order valence-electron chi connectivity index (χ2n) is 4.57. The van der Waals surface area contributed by atoms with Gasteiger partial charge in [0.25, 0.3) is 0 Å². The fourth-order valence-electron chi connectivity index (χ4n) is 1.96. The molecule has 0 bridgehead atoms. The van der Waals surface area contributed by atoms with Gasteiger partial charge < -0.3 is 15.2 Å². The van der Waals surface area contributed by atoms with Crippen LogP contribution in [-0.2, 0) is 15.7 Å². The van der Waals surface area contributed by atoms with Gasteiger partial charge in [-0.15, -0.1) is 0 Å². The second-order valence-corrected chi connectivity index (χ2v) is 4.57. The number of carbonyl (C=O) groups excluding carboxylic acids is 1. The van der Waals surface area contributed by atoms with Crippen molar-refractivity contribution in [2.75, 3.05) is 18.9 Å². The number of nitrogens with two attached hydrogens (primary N) is 1. The summed E-state index contributed by atoms with van der Waals surface area (Å²) in [4.78, 5) is 11.7. The van der Waals surface area contributed by atoms with E-state index in [4.69, 9.17) is 15.2 Å². The summed E-state index contributed by atoms with van der Waals surface area (Å²) in [5.74, 6) is -0.835. The van der Waals surface area contributed by atoms with Crippen LogP contribution < -0.4 is 5.73 Å². The number of halogens is 3. The van der Waals surface area contributed by atoms with Crippen LogP contribution >= 0.6 is 0 Å². The highest BCUT2D eigenvalue weighted by Gasteiger charge is 2.32. The van der Waals surface area contributed by atoms with Crippen molar-refractivity contribution in [1.29, 1.82) is 0 Å². The van der Waals surface area contributed by atoms with E-state index in [1.54, 1.807) is 0 Å². The number of esters is 1. The number of rotatable bonds is 3. The molecule has 4 nitrogen and oxygen atoms in total. The Morgan fingerprint density at radius 3 is 2.75 bits per heavy atom. The molecule has 0 spiro atoms. The van der Waals surface area contributed by atoms with Crippen LogP contribution in [0.3, 0.4) is 0 Å². The number of carbonyl (C=O) groups is 1. The van der Waals surface area contributed by atoms with Crippen molar-refractivity contribution in [3.05, 3.63) is 29.3 Å². The Hall–Kier alpha value is -1.76. The van der Waals surface area contributed by atoms with Crippen LogP contribution in [0.4, 0.5) is 18.9 Å². The summed E-state index contributed by atoms with van der Waals surface area (Å²) in [6.07, 6.45) is -3.07. The third-order valence-corrected chi connectivity index (χ3v) is 2.94. The summed E-state index contributed by atoms with van der Waals surface area (Å²) in [5, 5.41) is 0. The van der Waals surface area contributed by atoms with E-state index in [-0.39, 0.29) is 24.0 Å². The Bertz CT molecular complexity index is 496. The molecule has 1 unspecified atom stereocenters. The summed E-state index contributed by atoms with van der Waals surface area (Å²) in [6, 6.07) is 2.66. The van der Waals surface area contributed by atoms with Gasteiger partial charge in [0.2, 0.25) is 0 Å². The zero-order valence-electron chi connectivity index (χ0n) is 10.6. The molecule has 0 amide bonds. The van der Waals surface area contributed by atoms with Gasteiger partial charge in [-0.25, -0.2) is 4.79 Å². The number of anilines is 1. The van der Waals surface area contributed by atoms with Crippen LogP contribution in [0, 0.1) is 0 Å². The van der Waals surface area contributed by atoms with Crippen molar-refractivity contribution in [3.63, 3.8) is 0 Å². The molecular formula is C13H14F3NO3. The van der Waals surface area contributed by atoms with Gasteiger partial charge in [-0.05, 0) is 31.0 Å². The first-order valence-electron chi connectivity index (χ1n) is 6.13. The molecule has 1 saturated heterocycles. The van der Waals surface area contributed by atoms with E-state index in [0.29, 0.717) is 6.61 Å². The van der Waals surface area contributed by atoms with E-state index >= 15 is 0 Å². The van der Waals surface area contributed by atoms with Crippen LogP contribution in [0.2, 0.25) is 0 Å². The molecular weight excluding hydrogens is 275 g/mol. The Morgan fingerprint density at radius 1 is 1.40 bits per heavy atom. The minimum Gasteiger partial charge on any atom is -0.459 e. The lowest BCUT2D eigenvalue weighted by Crippen LogP contribution is -2.18. The average Bonchev–Trinajstić information content (AvgIpc) is 2.87. The molecule has 0 saturated carbocycles. The molecule has 0 aliphatic carbocycles. The smallest absolute Gasteiger partial charge is 0.416 e. The van der Waals surface area contributed by atoms with Crippen molar-refractivity contribution in [2.24, 2.45) is 0 Å². The molecule has 1 aromatic carbocycles. The Kier molecular flexibility index (Phi) is 4.17. The van der Waals surface area contributed by atoms with Gasteiger partial charge in [0, 0.05) is 12.3 Å². The Labute approximate surface area is 113 Å². The molecule has 1 aliphatic heterocycles. The predicted octanol–water partition coefficient (Wildman–Crippen LogP) is 2.62. The Morgan fingerprint density at radius 2 is 2.15 bits per heavy atom. The monoisotopic (exact) mass is 289 g/mol. The molecule has 0 radical (unpaired) electrons. The summed E-state index contributed by atoms with van der Waals surface area (Å²) >= 11 is 0. The van der Waals surface area contributed by atoms with Gasteiger partial charge in [0.15, 0.2) is 0 Å². The highest BCUT2D eigenvalue weighted by Crippen LogP contribution is 2.31. The van der Waals surface area contributed by atoms with Crippen LogP contribution in [0.15, 0.2) is 18.2 Å². The summed E-state index contributed by atoms with van der Waals surface area (Å²) in [6.45, 7) is 0.647. The SMILES string of the molecule is Nc1cc(C(=O)OCC2CCCO2)cc(C(F)(F)F)c1. The minimum absolute atomic E-state index is 0.0367. The molecule has 110 valence electrons. The van der Waals surface area contributed by atoms with Crippen molar-refractivity contribution < 1.29 is 27.4 Å². The van der Waals surface area contributed by atoms with E-state index in [1.165, 1.54) is 0 Å². The Balaban J connectivity index is 2.07. The van der Waals surface area contributed by atoms with Gasteiger partial charge in [-0.2, -0.15) is 13.2 Å². The third-order valence-electron chi connectivity index (χ3n) is 2.94. The molecule has 1 aliphatic rings. The number of hydrogen-bond acceptors (Lipinski definition) is 4. The zero-order chi connectivity index (χ0) is 14.8. The second kappa shape index (κ2) is 5.70. The maximum atomic E-state index is 12.6. The minimum atomic E-state index is -4.56. The highest BCUT2D eigenvalue weighted by molar-refractivity contribution is 5.90. The van der Waals surface area contributed by atoms with Gasteiger partial charge in [0.05, 0.1) is 17.2 Å². The van der Waals surface area contributed by atoms with Crippen LogP contribution in [0.5, 0.6) is 0 Å². The van der Waals surface area contributed by atoms with Crippen molar-refractivity contribution in [1.82, 2.24) is 0 Å². The topological polar surface area (TPSA) is 61.6 Å². The lowest BCUT2D eigenvalue weighted by Gasteiger charge is -2.12. The average molecular weight is 289 g/mol. The maximum Gasteiger partial charge on any atom is 0.416 e. The van der Waals surface area contributed by atoms with Gasteiger partial charge >= 0.3 is 12.1 Å². The van der Waals surface area contributed by atoms with Gasteiger partial charge in [0.1, 0.15) is 6.61 Å². The molecule has 2 N–H and O–H groups in total. The standard InChI is InChI=1S/C13H14F3NO3/c14-13(15,16)9-4-8(5-10(17)6-9)12(18)20-7-11-2-1-3-19-11/h4-6,11H,1-3,7,17H2. The molecule has 2 rings (SSSR count). The first-order valence-corrected chi connectivity index (χ1v) is 6.13. The van der Waals surface area contributed by atoms with Crippen LogP contribution in [0.25, 0.3) is 0 Å². The van der Waals surface area contributed by atoms with Gasteiger partial charge in [-0.1, -0.05) is 0 Å². The molecule has 0 aromatic heterocycles. The van der Waals surface area contributed by atoms with Crippen molar-refractivity contribution >= 4 is 11.7 Å². The molecule has 1 heterocycles. The lowest BCUT2D eigenvalue weighted by atomic mass is 10.1. The molecule has 7 heteroatoms. The fourth-order valence-corrected chi connectivity index (χ4v) is 1.96. The largest absolute Gasteiger partial charge is 0.459 e. The number of nitrogen functional groups attached to an aromatic ring is 1. The molecule has 1 aromatic rings.